The Morgan fingerprint density at radius 2 is 1.81 bits per heavy atom. The highest BCUT2D eigenvalue weighted by molar-refractivity contribution is 9.10. The van der Waals surface area contributed by atoms with Crippen molar-refractivity contribution in [1.29, 1.82) is 0 Å². The number of hydrogen-bond donors (Lipinski definition) is 2. The van der Waals surface area contributed by atoms with Crippen molar-refractivity contribution >= 4 is 55.1 Å². The number of carbonyl (C=O) groups is 1. The molecule has 1 aromatic rings. The standard InChI is InChI=1S/C12H15BrCl2N2O3S/c1-7(2)17-11(18)3-4-16-21(19,20)12-9(14)5-8(13)6-10(12)15/h5-7,16H,3-4H2,1-2H3,(H,17,18). The van der Waals surface area contributed by atoms with Gasteiger partial charge in [-0.3, -0.25) is 4.79 Å². The van der Waals surface area contributed by atoms with Gasteiger partial charge >= 0.3 is 0 Å². The van der Waals surface area contributed by atoms with Crippen LogP contribution in [0.25, 0.3) is 0 Å². The molecule has 21 heavy (non-hydrogen) atoms. The van der Waals surface area contributed by atoms with E-state index < -0.39 is 10.0 Å². The lowest BCUT2D eigenvalue weighted by atomic mass is 10.3. The van der Waals surface area contributed by atoms with E-state index in [1.807, 2.05) is 13.8 Å². The van der Waals surface area contributed by atoms with E-state index in [1.165, 1.54) is 12.1 Å². The third kappa shape index (κ3) is 5.75. The number of hydrogen-bond acceptors (Lipinski definition) is 3. The molecule has 0 aliphatic heterocycles. The zero-order valence-electron chi connectivity index (χ0n) is 11.4. The van der Waals surface area contributed by atoms with E-state index in [0.717, 1.165) is 0 Å². The van der Waals surface area contributed by atoms with Crippen molar-refractivity contribution in [3.05, 3.63) is 26.7 Å². The third-order valence-corrected chi connectivity index (χ3v) is 5.17. The van der Waals surface area contributed by atoms with Crippen LogP contribution in [0.3, 0.4) is 0 Å². The minimum Gasteiger partial charge on any atom is -0.354 e. The molecule has 1 amide bonds. The van der Waals surface area contributed by atoms with Gasteiger partial charge in [-0.15, -0.1) is 0 Å². The Kier molecular flexibility index (Phi) is 6.93. The summed E-state index contributed by atoms with van der Waals surface area (Å²) in [5.74, 6) is -0.235. The predicted octanol–water partition coefficient (Wildman–Crippen LogP) is 2.95. The Morgan fingerprint density at radius 3 is 2.29 bits per heavy atom. The van der Waals surface area contributed by atoms with E-state index >= 15 is 0 Å². The fourth-order valence-electron chi connectivity index (χ4n) is 1.55. The third-order valence-electron chi connectivity index (χ3n) is 2.33. The lowest BCUT2D eigenvalue weighted by molar-refractivity contribution is -0.121. The van der Waals surface area contributed by atoms with Crippen molar-refractivity contribution < 1.29 is 13.2 Å². The van der Waals surface area contributed by atoms with Crippen LogP contribution in [0.5, 0.6) is 0 Å². The summed E-state index contributed by atoms with van der Waals surface area (Å²) in [5.41, 5.74) is 0. The van der Waals surface area contributed by atoms with Crippen LogP contribution in [-0.4, -0.2) is 26.9 Å². The number of sulfonamides is 1. The van der Waals surface area contributed by atoms with Gasteiger partial charge < -0.3 is 5.32 Å². The Morgan fingerprint density at radius 1 is 1.29 bits per heavy atom. The summed E-state index contributed by atoms with van der Waals surface area (Å²) in [6.07, 6.45) is 0.0309. The summed E-state index contributed by atoms with van der Waals surface area (Å²) in [6, 6.07) is 2.88. The minimum atomic E-state index is -3.88. The fourth-order valence-corrected chi connectivity index (χ4v) is 4.52. The number of rotatable bonds is 6. The minimum absolute atomic E-state index is 0.00414. The van der Waals surface area contributed by atoms with Crippen molar-refractivity contribution in [3.63, 3.8) is 0 Å². The highest BCUT2D eigenvalue weighted by Gasteiger charge is 2.22. The summed E-state index contributed by atoms with van der Waals surface area (Å²) in [5, 5.41) is 2.68. The molecule has 0 saturated heterocycles. The average molecular weight is 418 g/mol. The Balaban J connectivity index is 2.77. The van der Waals surface area contributed by atoms with Crippen molar-refractivity contribution in [2.45, 2.75) is 31.2 Å². The lowest BCUT2D eigenvalue weighted by Crippen LogP contribution is -2.34. The largest absolute Gasteiger partial charge is 0.354 e. The van der Waals surface area contributed by atoms with Crippen LogP contribution in [0.4, 0.5) is 0 Å². The Labute approximate surface area is 142 Å². The first kappa shape index (κ1) is 18.7. The van der Waals surface area contributed by atoms with Gasteiger partial charge in [0.05, 0.1) is 10.0 Å². The highest BCUT2D eigenvalue weighted by atomic mass is 79.9. The molecule has 1 aromatic carbocycles. The topological polar surface area (TPSA) is 75.3 Å². The first-order valence-electron chi connectivity index (χ1n) is 6.07. The Hall–Kier alpha value is -0.340. The number of halogens is 3. The number of amides is 1. The second-order valence-electron chi connectivity index (χ2n) is 4.57. The van der Waals surface area contributed by atoms with Gasteiger partial charge in [0, 0.05) is 23.5 Å². The molecule has 0 aromatic heterocycles. The van der Waals surface area contributed by atoms with Gasteiger partial charge in [-0.05, 0) is 26.0 Å². The van der Waals surface area contributed by atoms with Gasteiger partial charge in [-0.25, -0.2) is 13.1 Å². The van der Waals surface area contributed by atoms with Crippen LogP contribution in [0, 0.1) is 0 Å². The highest BCUT2D eigenvalue weighted by Crippen LogP contribution is 2.32. The summed E-state index contributed by atoms with van der Waals surface area (Å²) < 4.78 is 27.2. The fraction of sp³-hybridized carbons (Fsp3) is 0.417. The molecular weight excluding hydrogens is 403 g/mol. The molecule has 0 saturated carbocycles. The molecule has 0 spiro atoms. The Bertz CT molecular complexity index is 612. The molecule has 0 radical (unpaired) electrons. The van der Waals surface area contributed by atoms with Crippen molar-refractivity contribution in [1.82, 2.24) is 10.0 Å². The summed E-state index contributed by atoms with van der Waals surface area (Å²) >= 11 is 15.0. The monoisotopic (exact) mass is 416 g/mol. The van der Waals surface area contributed by atoms with Gasteiger partial charge in [0.15, 0.2) is 0 Å². The van der Waals surface area contributed by atoms with Gasteiger partial charge in [0.25, 0.3) is 0 Å². The van der Waals surface area contributed by atoms with Gasteiger partial charge in [0.1, 0.15) is 4.90 Å². The zero-order chi connectivity index (χ0) is 16.2. The number of carbonyl (C=O) groups excluding carboxylic acids is 1. The van der Waals surface area contributed by atoms with Gasteiger partial charge in [-0.2, -0.15) is 0 Å². The van der Waals surface area contributed by atoms with Crippen molar-refractivity contribution in [3.8, 4) is 0 Å². The molecule has 0 unspecified atom stereocenters. The lowest BCUT2D eigenvalue weighted by Gasteiger charge is -2.11. The summed E-state index contributed by atoms with van der Waals surface area (Å²) in [7, 11) is -3.88. The smallest absolute Gasteiger partial charge is 0.243 e. The van der Waals surface area contributed by atoms with E-state index in [4.69, 9.17) is 23.2 Å². The SMILES string of the molecule is CC(C)NC(=O)CCNS(=O)(=O)c1c(Cl)cc(Br)cc1Cl. The van der Waals surface area contributed by atoms with E-state index in [2.05, 4.69) is 26.0 Å². The zero-order valence-corrected chi connectivity index (χ0v) is 15.3. The van der Waals surface area contributed by atoms with Crippen LogP contribution >= 0.6 is 39.1 Å². The second-order valence-corrected chi connectivity index (χ2v) is 8.00. The molecular formula is C12H15BrCl2N2O3S. The van der Waals surface area contributed by atoms with E-state index in [0.29, 0.717) is 4.47 Å². The summed E-state index contributed by atoms with van der Waals surface area (Å²) in [6.45, 7) is 3.61. The summed E-state index contributed by atoms with van der Waals surface area (Å²) in [4.78, 5) is 11.3. The van der Waals surface area contributed by atoms with Crippen LogP contribution < -0.4 is 10.0 Å². The van der Waals surface area contributed by atoms with Gasteiger partial charge in [-0.1, -0.05) is 39.1 Å². The molecule has 0 heterocycles. The molecule has 0 fully saturated rings. The van der Waals surface area contributed by atoms with E-state index in [9.17, 15) is 13.2 Å². The van der Waals surface area contributed by atoms with E-state index in [1.54, 1.807) is 0 Å². The van der Waals surface area contributed by atoms with Crippen LogP contribution in [0.15, 0.2) is 21.5 Å². The van der Waals surface area contributed by atoms with Crippen LogP contribution in [0.1, 0.15) is 20.3 Å². The molecule has 5 nitrogen and oxygen atoms in total. The van der Waals surface area contributed by atoms with Crippen molar-refractivity contribution in [2.24, 2.45) is 0 Å². The van der Waals surface area contributed by atoms with Crippen LogP contribution in [-0.2, 0) is 14.8 Å². The van der Waals surface area contributed by atoms with Crippen LogP contribution in [0.2, 0.25) is 10.0 Å². The molecule has 9 heteroatoms. The normalized spacial score (nSPS) is 11.7. The molecule has 0 aliphatic rings. The molecule has 0 aliphatic carbocycles. The quantitative estimate of drug-likeness (QED) is 0.746. The number of nitrogens with one attached hydrogen (secondary N) is 2. The molecule has 118 valence electrons. The first-order valence-corrected chi connectivity index (χ1v) is 9.10. The molecule has 1 rings (SSSR count). The molecule has 0 bridgehead atoms. The average Bonchev–Trinajstić information content (AvgIpc) is 2.24. The molecule has 0 atom stereocenters. The predicted molar refractivity (Wildman–Crippen MR) is 87.2 cm³/mol. The maximum atomic E-state index is 12.2. The first-order chi connectivity index (χ1) is 9.63. The maximum Gasteiger partial charge on any atom is 0.243 e. The maximum absolute atomic E-state index is 12.2. The second kappa shape index (κ2) is 7.78. The van der Waals surface area contributed by atoms with Crippen molar-refractivity contribution in [2.75, 3.05) is 6.54 Å². The number of benzene rings is 1. The van der Waals surface area contributed by atoms with E-state index in [-0.39, 0.29) is 39.9 Å². The van der Waals surface area contributed by atoms with Gasteiger partial charge in [0.2, 0.25) is 15.9 Å². The molecule has 2 N–H and O–H groups in total.